The fourth-order valence-corrected chi connectivity index (χ4v) is 1.71. The zero-order valence-corrected chi connectivity index (χ0v) is 9.69. The minimum absolute atomic E-state index is 0. The molecule has 0 saturated carbocycles. The molecule has 0 amide bonds. The van der Waals surface area contributed by atoms with E-state index >= 15 is 0 Å². The van der Waals surface area contributed by atoms with Crippen LogP contribution in [0.25, 0.3) is 0 Å². The number of hydrogen-bond donors (Lipinski definition) is 2. The van der Waals surface area contributed by atoms with Gasteiger partial charge in [-0.15, -0.1) is 25.0 Å². The molecule has 82 valence electrons. The van der Waals surface area contributed by atoms with Gasteiger partial charge in [0.15, 0.2) is 5.84 Å². The molecule has 1 aromatic carbocycles. The molecule has 0 fully saturated rings. The van der Waals surface area contributed by atoms with Crippen LogP contribution < -0.4 is 5.32 Å². The van der Waals surface area contributed by atoms with Crippen LogP contribution >= 0.6 is 25.0 Å². The number of benzene rings is 1. The van der Waals surface area contributed by atoms with Crippen molar-refractivity contribution < 1.29 is 4.39 Å². The molecule has 0 bridgehead atoms. The maximum absolute atomic E-state index is 14.2. The average molecular weight is 247 g/mol. The van der Waals surface area contributed by atoms with Crippen LogP contribution in [0.4, 0.5) is 4.39 Å². The molecule has 2 nitrogen and oxygen atoms in total. The number of aliphatic imine (C=N–C) groups is 1. The second-order valence-corrected chi connectivity index (χ2v) is 3.76. The quantitative estimate of drug-likeness (QED) is 0.768. The highest BCUT2D eigenvalue weighted by Crippen LogP contribution is 2.31. The third-order valence-electron chi connectivity index (χ3n) is 2.14. The monoisotopic (exact) mass is 246 g/mol. The summed E-state index contributed by atoms with van der Waals surface area (Å²) in [4.78, 5) is 4.04. The predicted molar refractivity (Wildman–Crippen MR) is 65.8 cm³/mol. The first kappa shape index (κ1) is 12.3. The summed E-state index contributed by atoms with van der Waals surface area (Å²) in [6.45, 7) is 1.31. The number of thiol groups is 1. The molecule has 0 aromatic heterocycles. The summed E-state index contributed by atoms with van der Waals surface area (Å²) in [5, 5.41) is 1.10. The molecule has 1 N–H and O–H groups in total. The molecule has 0 saturated heterocycles. The molecule has 1 unspecified atom stereocenters. The largest absolute Gasteiger partial charge is 0.368 e. The minimum atomic E-state index is -1.79. The highest BCUT2D eigenvalue weighted by molar-refractivity contribution is 7.82. The lowest BCUT2D eigenvalue weighted by Gasteiger charge is -2.19. The summed E-state index contributed by atoms with van der Waals surface area (Å²) >= 11 is 4.01. The van der Waals surface area contributed by atoms with Crippen molar-refractivity contribution in [1.29, 1.82) is 0 Å². The first-order valence-electron chi connectivity index (χ1n) is 4.47. The lowest BCUT2D eigenvalue weighted by atomic mass is 10.1. The van der Waals surface area contributed by atoms with Crippen molar-refractivity contribution >= 4 is 30.9 Å². The Kier molecular flexibility index (Phi) is 3.99. The first-order valence-corrected chi connectivity index (χ1v) is 4.91. The number of nitrogens with one attached hydrogen (secondary N) is 1. The summed E-state index contributed by atoms with van der Waals surface area (Å²) in [5.74, 6) is 0.312. The van der Waals surface area contributed by atoms with E-state index in [0.29, 0.717) is 24.5 Å². The van der Waals surface area contributed by atoms with E-state index in [1.54, 1.807) is 24.3 Å². The molecular formula is C10H12ClFN2S. The Bertz CT molecular complexity index is 354. The van der Waals surface area contributed by atoms with E-state index in [4.69, 9.17) is 0 Å². The fourth-order valence-electron chi connectivity index (χ4n) is 1.42. The number of alkyl halides is 1. The van der Waals surface area contributed by atoms with Crippen molar-refractivity contribution in [3.63, 3.8) is 0 Å². The molecule has 0 radical (unpaired) electrons. The molecule has 1 aliphatic rings. The van der Waals surface area contributed by atoms with Crippen LogP contribution in [0.3, 0.4) is 0 Å². The molecule has 1 aliphatic heterocycles. The molecule has 5 heteroatoms. The van der Waals surface area contributed by atoms with Crippen LogP contribution in [0, 0.1) is 0 Å². The van der Waals surface area contributed by atoms with Crippen molar-refractivity contribution in [1.82, 2.24) is 5.32 Å². The van der Waals surface area contributed by atoms with E-state index in [2.05, 4.69) is 22.9 Å². The fraction of sp³-hybridized carbons (Fsp3) is 0.300. The van der Waals surface area contributed by atoms with E-state index < -0.39 is 5.00 Å². The third-order valence-corrected chi connectivity index (χ3v) is 2.61. The topological polar surface area (TPSA) is 24.4 Å². The normalized spacial score (nSPS) is 18.4. The Morgan fingerprint density at radius 1 is 1.33 bits per heavy atom. The molecule has 1 aromatic rings. The van der Waals surface area contributed by atoms with Crippen molar-refractivity contribution in [3.8, 4) is 0 Å². The molecule has 1 heterocycles. The van der Waals surface area contributed by atoms with Gasteiger partial charge >= 0.3 is 0 Å². The summed E-state index contributed by atoms with van der Waals surface area (Å²) < 4.78 is 14.2. The van der Waals surface area contributed by atoms with E-state index in [1.807, 2.05) is 6.07 Å². The number of halogens is 2. The molecule has 1 atom stereocenters. The number of amidine groups is 1. The van der Waals surface area contributed by atoms with Gasteiger partial charge in [-0.3, -0.25) is 4.99 Å². The molecule has 2 rings (SSSR count). The Morgan fingerprint density at radius 3 is 2.53 bits per heavy atom. The zero-order chi connectivity index (χ0) is 10.0. The minimum Gasteiger partial charge on any atom is -0.368 e. The molecule has 15 heavy (non-hydrogen) atoms. The van der Waals surface area contributed by atoms with Crippen LogP contribution in [-0.2, 0) is 5.00 Å². The summed E-state index contributed by atoms with van der Waals surface area (Å²) in [5.41, 5.74) is 0.511. The predicted octanol–water partition coefficient (Wildman–Crippen LogP) is 2.16. The van der Waals surface area contributed by atoms with Crippen LogP contribution in [0.5, 0.6) is 0 Å². The summed E-state index contributed by atoms with van der Waals surface area (Å²) in [6, 6.07) is 8.83. The van der Waals surface area contributed by atoms with Gasteiger partial charge in [0.1, 0.15) is 0 Å². The zero-order valence-electron chi connectivity index (χ0n) is 7.98. The number of rotatable bonds is 2. The smallest absolute Gasteiger partial charge is 0.235 e. The maximum atomic E-state index is 14.2. The van der Waals surface area contributed by atoms with Gasteiger partial charge in [0, 0.05) is 12.1 Å². The van der Waals surface area contributed by atoms with Crippen LogP contribution in [-0.4, -0.2) is 18.9 Å². The van der Waals surface area contributed by atoms with Gasteiger partial charge in [0.05, 0.1) is 6.54 Å². The number of nitrogens with zero attached hydrogens (tertiary/aromatic N) is 1. The lowest BCUT2D eigenvalue weighted by Crippen LogP contribution is -2.34. The van der Waals surface area contributed by atoms with Gasteiger partial charge in [-0.05, 0) is 0 Å². The Hall–Kier alpha value is -0.740. The van der Waals surface area contributed by atoms with E-state index in [1.165, 1.54) is 0 Å². The standard InChI is InChI=1S/C10H11FN2S.ClH/c11-10(14,9-12-6-7-13-9)8-4-2-1-3-5-8;/h1-5,14H,6-7H2,(H,12,13);1H. The van der Waals surface area contributed by atoms with Gasteiger partial charge in [-0.2, -0.15) is 0 Å². The number of hydrogen-bond acceptors (Lipinski definition) is 3. The second-order valence-electron chi connectivity index (χ2n) is 3.15. The Labute approximate surface area is 99.8 Å². The average Bonchev–Trinajstić information content (AvgIpc) is 2.72. The van der Waals surface area contributed by atoms with Crippen LogP contribution in [0.2, 0.25) is 0 Å². The van der Waals surface area contributed by atoms with Gasteiger partial charge in [-0.25, -0.2) is 4.39 Å². The first-order chi connectivity index (χ1) is 6.71. The van der Waals surface area contributed by atoms with Gasteiger partial charge in [0.25, 0.3) is 0 Å². The molecular weight excluding hydrogens is 235 g/mol. The van der Waals surface area contributed by atoms with Gasteiger partial charge < -0.3 is 5.32 Å². The Morgan fingerprint density at radius 2 is 2.00 bits per heavy atom. The van der Waals surface area contributed by atoms with E-state index in [0.717, 1.165) is 0 Å². The molecule has 0 aliphatic carbocycles. The summed E-state index contributed by atoms with van der Waals surface area (Å²) in [7, 11) is 0. The highest BCUT2D eigenvalue weighted by atomic mass is 35.5. The summed E-state index contributed by atoms with van der Waals surface area (Å²) in [6.07, 6.45) is 0. The highest BCUT2D eigenvalue weighted by Gasteiger charge is 2.35. The molecule has 0 spiro atoms. The Balaban J connectivity index is 0.00000112. The van der Waals surface area contributed by atoms with Crippen molar-refractivity contribution in [2.45, 2.75) is 5.00 Å². The van der Waals surface area contributed by atoms with Crippen molar-refractivity contribution in [2.24, 2.45) is 4.99 Å². The van der Waals surface area contributed by atoms with Gasteiger partial charge in [-0.1, -0.05) is 30.3 Å². The SMILES string of the molecule is Cl.FC(S)(C1=NCCN1)c1ccccc1. The van der Waals surface area contributed by atoms with Crippen LogP contribution in [0.15, 0.2) is 35.3 Å². The van der Waals surface area contributed by atoms with Gasteiger partial charge in [0.2, 0.25) is 5.00 Å². The van der Waals surface area contributed by atoms with E-state index in [-0.39, 0.29) is 12.4 Å². The van der Waals surface area contributed by atoms with Crippen LogP contribution in [0.1, 0.15) is 5.56 Å². The van der Waals surface area contributed by atoms with Crippen molar-refractivity contribution in [2.75, 3.05) is 13.1 Å². The second kappa shape index (κ2) is 4.86. The maximum Gasteiger partial charge on any atom is 0.235 e. The third kappa shape index (κ3) is 2.44. The lowest BCUT2D eigenvalue weighted by molar-refractivity contribution is 0.390. The van der Waals surface area contributed by atoms with Crippen molar-refractivity contribution in [3.05, 3.63) is 35.9 Å². The van der Waals surface area contributed by atoms with E-state index in [9.17, 15) is 4.39 Å².